The monoisotopic (exact) mass is 506 g/mol. The Kier molecular flexibility index (Phi) is 10.4. The van der Waals surface area contributed by atoms with Gasteiger partial charge in [0.2, 0.25) is 0 Å². The number of Topliss-reactive ketones (excluding diaryl/α,β-unsaturated/α-hetero) is 1. The lowest BCUT2D eigenvalue weighted by Gasteiger charge is -2.34. The summed E-state index contributed by atoms with van der Waals surface area (Å²) in [6.07, 6.45) is 2.93. The molecule has 0 bridgehead atoms. The molecule has 0 saturated heterocycles. The van der Waals surface area contributed by atoms with Gasteiger partial charge in [-0.15, -0.1) is 11.3 Å². The van der Waals surface area contributed by atoms with Gasteiger partial charge in [-0.2, -0.15) is 0 Å². The molecule has 4 N–H and O–H groups in total. The summed E-state index contributed by atoms with van der Waals surface area (Å²) in [6.45, 7) is 12.6. The van der Waals surface area contributed by atoms with Crippen LogP contribution in [-0.4, -0.2) is 51.3 Å². The number of aromatic nitrogens is 1. The highest BCUT2D eigenvalue weighted by atomic mass is 32.1. The number of esters is 1. The molecule has 0 amide bonds. The minimum Gasteiger partial charge on any atom is -0.456 e. The number of nitrogens with zero attached hydrogens (tertiary/aromatic N) is 1. The molecule has 6 atom stereocenters. The Labute approximate surface area is 213 Å². The topological polar surface area (TPSA) is 123 Å². The first-order chi connectivity index (χ1) is 16.2. The van der Waals surface area contributed by atoms with Crippen molar-refractivity contribution in [3.8, 4) is 0 Å². The highest BCUT2D eigenvalue weighted by Crippen LogP contribution is 2.32. The number of ether oxygens (including phenoxy) is 1. The Morgan fingerprint density at radius 1 is 1.29 bits per heavy atom. The molecule has 2 heterocycles. The number of aryl methyl sites for hydroxylation is 1. The summed E-state index contributed by atoms with van der Waals surface area (Å²) in [5, 5.41) is 24.5. The number of carbonyl (C=O) groups excluding carboxylic acids is 2. The van der Waals surface area contributed by atoms with Gasteiger partial charge in [-0.05, 0) is 58.1 Å². The van der Waals surface area contributed by atoms with Gasteiger partial charge >= 0.3 is 5.97 Å². The largest absolute Gasteiger partial charge is 0.456 e. The predicted molar refractivity (Wildman–Crippen MR) is 140 cm³/mol. The fraction of sp³-hybridized carbons (Fsp3) is 0.667. The number of allylic oxidation sites excluding steroid dienone is 1. The zero-order valence-electron chi connectivity index (χ0n) is 22.1. The van der Waals surface area contributed by atoms with Crippen LogP contribution in [0.25, 0.3) is 6.08 Å². The molecule has 35 heavy (non-hydrogen) atoms. The number of rotatable bonds is 3. The summed E-state index contributed by atoms with van der Waals surface area (Å²) in [5.74, 6) is -1.64. The number of nitrogens with two attached hydrogens (primary N) is 1. The van der Waals surface area contributed by atoms with E-state index in [1.54, 1.807) is 32.1 Å². The van der Waals surface area contributed by atoms with E-state index in [2.05, 4.69) is 4.98 Å². The standard InChI is InChI=1S/C27H42N2O5S/c1-15-9-8-10-16(2)25(32)18(4)26(33)27(6,7)22(30)13-23(31)34-21(11-15)24(28)17(3)12-20-14-35-19(5)29-20/h11-12,14,16,18,21-22,24-25,30,32H,8-10,13,28H2,1-7H3/b15-11-,17-12+. The van der Waals surface area contributed by atoms with Crippen LogP contribution in [0.3, 0.4) is 0 Å². The van der Waals surface area contributed by atoms with E-state index < -0.39 is 41.7 Å². The van der Waals surface area contributed by atoms with Gasteiger partial charge in [0, 0.05) is 11.3 Å². The van der Waals surface area contributed by atoms with Crippen molar-refractivity contribution in [1.82, 2.24) is 4.98 Å². The van der Waals surface area contributed by atoms with Gasteiger partial charge in [-0.25, -0.2) is 4.98 Å². The number of cyclic esters (lactones) is 1. The minimum absolute atomic E-state index is 0.0810. The summed E-state index contributed by atoms with van der Waals surface area (Å²) in [7, 11) is 0. The van der Waals surface area contributed by atoms with E-state index >= 15 is 0 Å². The summed E-state index contributed by atoms with van der Waals surface area (Å²) >= 11 is 1.55. The second-order valence-corrected chi connectivity index (χ2v) is 11.7. The Morgan fingerprint density at radius 2 is 1.94 bits per heavy atom. The van der Waals surface area contributed by atoms with Crippen LogP contribution in [0.15, 0.2) is 22.6 Å². The van der Waals surface area contributed by atoms with Crippen molar-refractivity contribution in [2.45, 2.75) is 98.5 Å². The quantitative estimate of drug-likeness (QED) is 0.415. The molecular formula is C27H42N2O5S. The van der Waals surface area contributed by atoms with Crippen LogP contribution < -0.4 is 5.73 Å². The van der Waals surface area contributed by atoms with Crippen molar-refractivity contribution in [2.75, 3.05) is 0 Å². The molecule has 0 aromatic carbocycles. The molecule has 196 valence electrons. The third-order valence-electron chi connectivity index (χ3n) is 7.18. The van der Waals surface area contributed by atoms with Gasteiger partial charge in [0.25, 0.3) is 0 Å². The number of carbonyl (C=O) groups is 2. The zero-order chi connectivity index (χ0) is 26.5. The van der Waals surface area contributed by atoms with Crippen molar-refractivity contribution in [3.05, 3.63) is 33.3 Å². The lowest BCUT2D eigenvalue weighted by molar-refractivity contribution is -0.154. The third kappa shape index (κ3) is 7.81. The molecule has 0 saturated carbocycles. The number of thiazole rings is 1. The molecule has 0 radical (unpaired) electrons. The van der Waals surface area contributed by atoms with Gasteiger partial charge < -0.3 is 20.7 Å². The first-order valence-electron chi connectivity index (χ1n) is 12.4. The van der Waals surface area contributed by atoms with Crippen LogP contribution in [-0.2, 0) is 14.3 Å². The van der Waals surface area contributed by atoms with Gasteiger partial charge in [-0.1, -0.05) is 38.8 Å². The Bertz CT molecular complexity index is 951. The molecule has 8 heteroatoms. The summed E-state index contributed by atoms with van der Waals surface area (Å²) < 4.78 is 5.77. The zero-order valence-corrected chi connectivity index (χ0v) is 22.9. The van der Waals surface area contributed by atoms with Gasteiger partial charge in [0.05, 0.1) is 40.8 Å². The van der Waals surface area contributed by atoms with Crippen molar-refractivity contribution < 1.29 is 24.5 Å². The molecule has 1 aromatic heterocycles. The second kappa shape index (κ2) is 12.4. The molecule has 0 spiro atoms. The van der Waals surface area contributed by atoms with Gasteiger partial charge in [0.1, 0.15) is 11.9 Å². The molecule has 0 aliphatic carbocycles. The van der Waals surface area contributed by atoms with E-state index in [0.29, 0.717) is 0 Å². The van der Waals surface area contributed by atoms with Gasteiger partial charge in [-0.3, -0.25) is 9.59 Å². The molecule has 1 aliphatic rings. The van der Waals surface area contributed by atoms with Gasteiger partial charge in [0.15, 0.2) is 0 Å². The molecule has 0 fully saturated rings. The normalized spacial score (nSPS) is 32.1. The highest BCUT2D eigenvalue weighted by molar-refractivity contribution is 7.09. The fourth-order valence-corrected chi connectivity index (χ4v) is 5.07. The van der Waals surface area contributed by atoms with Crippen LogP contribution in [0.1, 0.15) is 77.9 Å². The molecule has 1 aliphatic heterocycles. The first kappa shape index (κ1) is 29.4. The Morgan fingerprint density at radius 3 is 2.54 bits per heavy atom. The van der Waals surface area contributed by atoms with Crippen molar-refractivity contribution in [1.29, 1.82) is 0 Å². The number of aliphatic hydroxyl groups excluding tert-OH is 2. The summed E-state index contributed by atoms with van der Waals surface area (Å²) in [6, 6.07) is -0.598. The lowest BCUT2D eigenvalue weighted by Crippen LogP contribution is -2.46. The number of aliphatic hydroxyl groups is 2. The lowest BCUT2D eigenvalue weighted by atomic mass is 9.73. The van der Waals surface area contributed by atoms with E-state index in [1.165, 1.54) is 0 Å². The van der Waals surface area contributed by atoms with E-state index in [1.807, 2.05) is 45.2 Å². The highest BCUT2D eigenvalue weighted by Gasteiger charge is 2.42. The minimum atomic E-state index is -1.26. The molecule has 6 unspecified atom stereocenters. The molecule has 7 nitrogen and oxygen atoms in total. The Hall–Kier alpha value is -1.87. The van der Waals surface area contributed by atoms with Crippen molar-refractivity contribution >= 4 is 29.2 Å². The predicted octanol–water partition coefficient (Wildman–Crippen LogP) is 4.20. The smallest absolute Gasteiger partial charge is 0.309 e. The maximum atomic E-state index is 13.2. The van der Waals surface area contributed by atoms with E-state index in [4.69, 9.17) is 10.5 Å². The van der Waals surface area contributed by atoms with Crippen molar-refractivity contribution in [3.63, 3.8) is 0 Å². The Balaban J connectivity index is 2.35. The fourth-order valence-electron chi connectivity index (χ4n) is 4.50. The summed E-state index contributed by atoms with van der Waals surface area (Å²) in [5.41, 5.74) is 7.96. The average molecular weight is 507 g/mol. The van der Waals surface area contributed by atoms with Crippen molar-refractivity contribution in [2.24, 2.45) is 23.0 Å². The SMILES string of the molecule is C/C1=C/C(C(N)/C(C)=C/c2csc(C)n2)OC(=O)CC(O)C(C)(C)C(=O)C(C)C(O)C(C)CCC1. The number of hydrogen-bond donors (Lipinski definition) is 3. The summed E-state index contributed by atoms with van der Waals surface area (Å²) in [4.78, 5) is 30.5. The molecule has 2 rings (SSSR count). The van der Waals surface area contributed by atoms with E-state index in [9.17, 15) is 19.8 Å². The number of hydrogen-bond acceptors (Lipinski definition) is 8. The van der Waals surface area contributed by atoms with Crippen LogP contribution in [0.4, 0.5) is 0 Å². The maximum Gasteiger partial charge on any atom is 0.309 e. The average Bonchev–Trinajstić information content (AvgIpc) is 3.19. The molecular weight excluding hydrogens is 464 g/mol. The maximum absolute atomic E-state index is 13.2. The van der Waals surface area contributed by atoms with Crippen LogP contribution in [0, 0.1) is 24.2 Å². The first-order valence-corrected chi connectivity index (χ1v) is 13.2. The molecule has 1 aromatic rings. The van der Waals surface area contributed by atoms with Crippen LogP contribution in [0.2, 0.25) is 0 Å². The van der Waals surface area contributed by atoms with Crippen LogP contribution in [0.5, 0.6) is 0 Å². The third-order valence-corrected chi connectivity index (χ3v) is 7.97. The number of ketones is 1. The van der Waals surface area contributed by atoms with E-state index in [0.717, 1.165) is 41.1 Å². The second-order valence-electron chi connectivity index (χ2n) is 10.6. The van der Waals surface area contributed by atoms with Crippen LogP contribution >= 0.6 is 11.3 Å². The van der Waals surface area contributed by atoms with E-state index in [-0.39, 0.29) is 18.1 Å².